The van der Waals surface area contributed by atoms with Crippen LogP contribution in [0.25, 0.3) is 33.2 Å². The molecule has 0 unspecified atom stereocenters. The Morgan fingerprint density at radius 1 is 0.893 bits per heavy atom. The molecular weight excluding hydrogens is 378 g/mol. The van der Waals surface area contributed by atoms with E-state index < -0.39 is 11.5 Å². The fourth-order valence-corrected chi connectivity index (χ4v) is 3.44. The van der Waals surface area contributed by atoms with Crippen LogP contribution in [0.4, 0.5) is 0 Å². The van der Waals surface area contributed by atoms with E-state index in [2.05, 4.69) is 4.98 Å². The first kappa shape index (κ1) is 17.8. The van der Waals surface area contributed by atoms with E-state index in [1.54, 1.807) is 24.3 Å². The van der Waals surface area contributed by atoms with Crippen LogP contribution in [-0.4, -0.2) is 21.2 Å². The van der Waals surface area contributed by atoms with Crippen molar-refractivity contribution in [3.05, 3.63) is 87.7 Å². The number of carboxylic acids is 1. The standard InChI is InChI=1S/C22H14ClNO4/c23-18-11-19-14(9-17(22(27)28)21(26)24-19)8-16(18)13-6-7-15(20(25)10-13)12-4-2-1-3-5-12/h1-11,25H,(H,24,26)(H,27,28). The largest absolute Gasteiger partial charge is 0.507 e. The Bertz CT molecular complexity index is 1280. The molecule has 1 heterocycles. The van der Waals surface area contributed by atoms with Crippen molar-refractivity contribution in [3.8, 4) is 28.0 Å². The minimum absolute atomic E-state index is 0.104. The molecule has 3 N–H and O–H groups in total. The van der Waals surface area contributed by atoms with E-state index in [9.17, 15) is 14.7 Å². The van der Waals surface area contributed by atoms with Crippen LogP contribution in [0.1, 0.15) is 10.4 Å². The van der Waals surface area contributed by atoms with E-state index >= 15 is 0 Å². The van der Waals surface area contributed by atoms with Crippen molar-refractivity contribution in [2.45, 2.75) is 0 Å². The van der Waals surface area contributed by atoms with Gasteiger partial charge in [-0.2, -0.15) is 0 Å². The molecule has 0 saturated carbocycles. The van der Waals surface area contributed by atoms with Crippen molar-refractivity contribution >= 4 is 28.5 Å². The molecule has 138 valence electrons. The van der Waals surface area contributed by atoms with E-state index in [0.29, 0.717) is 32.6 Å². The zero-order chi connectivity index (χ0) is 19.8. The summed E-state index contributed by atoms with van der Waals surface area (Å²) in [6, 6.07) is 19.3. The van der Waals surface area contributed by atoms with Gasteiger partial charge in [-0.25, -0.2) is 4.79 Å². The van der Waals surface area contributed by atoms with Gasteiger partial charge in [0.05, 0.1) is 5.02 Å². The fraction of sp³-hybridized carbons (Fsp3) is 0. The number of pyridine rings is 1. The maximum atomic E-state index is 11.8. The van der Waals surface area contributed by atoms with E-state index in [4.69, 9.17) is 16.7 Å². The molecule has 4 aromatic rings. The molecule has 0 aliphatic heterocycles. The van der Waals surface area contributed by atoms with Crippen LogP contribution in [0.15, 0.2) is 71.5 Å². The summed E-state index contributed by atoms with van der Waals surface area (Å²) >= 11 is 6.38. The van der Waals surface area contributed by atoms with Crippen LogP contribution in [0.2, 0.25) is 5.02 Å². The molecule has 3 aromatic carbocycles. The number of H-pyrrole nitrogens is 1. The minimum Gasteiger partial charge on any atom is -0.507 e. The number of nitrogens with one attached hydrogen (secondary N) is 1. The van der Waals surface area contributed by atoms with Crippen LogP contribution < -0.4 is 5.56 Å². The third-order valence-electron chi connectivity index (χ3n) is 4.56. The van der Waals surface area contributed by atoms with E-state index in [0.717, 1.165) is 5.56 Å². The third-order valence-corrected chi connectivity index (χ3v) is 4.87. The van der Waals surface area contributed by atoms with E-state index in [1.807, 2.05) is 36.4 Å². The summed E-state index contributed by atoms with van der Waals surface area (Å²) in [6.45, 7) is 0. The SMILES string of the molecule is O=C(O)c1cc2cc(-c3ccc(-c4ccccc4)c(O)c3)c(Cl)cc2[nH]c1=O. The summed E-state index contributed by atoms with van der Waals surface area (Å²) in [5.41, 5.74) is 2.28. The molecule has 0 atom stereocenters. The summed E-state index contributed by atoms with van der Waals surface area (Å²) in [5.74, 6) is -1.20. The molecule has 1 aromatic heterocycles. The Kier molecular flexibility index (Phi) is 4.37. The highest BCUT2D eigenvalue weighted by atomic mass is 35.5. The summed E-state index contributed by atoms with van der Waals surface area (Å²) < 4.78 is 0. The van der Waals surface area contributed by atoms with E-state index in [-0.39, 0.29) is 11.3 Å². The smallest absolute Gasteiger partial charge is 0.341 e. The average molecular weight is 392 g/mol. The number of hydrogen-bond donors (Lipinski definition) is 3. The molecule has 0 saturated heterocycles. The van der Waals surface area contributed by atoms with Crippen LogP contribution in [-0.2, 0) is 0 Å². The van der Waals surface area contributed by atoms with Crippen LogP contribution in [0.5, 0.6) is 5.75 Å². The number of halogens is 1. The maximum absolute atomic E-state index is 11.8. The fourth-order valence-electron chi connectivity index (χ4n) is 3.17. The van der Waals surface area contributed by atoms with Crippen LogP contribution >= 0.6 is 11.6 Å². The molecule has 0 bridgehead atoms. The maximum Gasteiger partial charge on any atom is 0.341 e. The molecule has 0 radical (unpaired) electrons. The summed E-state index contributed by atoms with van der Waals surface area (Å²) in [7, 11) is 0. The van der Waals surface area contributed by atoms with Crippen molar-refractivity contribution < 1.29 is 15.0 Å². The first-order chi connectivity index (χ1) is 13.4. The molecule has 0 amide bonds. The minimum atomic E-state index is -1.30. The van der Waals surface area contributed by atoms with E-state index in [1.165, 1.54) is 6.07 Å². The Balaban J connectivity index is 1.85. The Labute approximate surface area is 164 Å². The number of aromatic carboxylic acids is 1. The van der Waals surface area contributed by atoms with Gasteiger partial charge < -0.3 is 15.2 Å². The second-order valence-electron chi connectivity index (χ2n) is 6.33. The Hall–Kier alpha value is -3.57. The number of rotatable bonds is 3. The topological polar surface area (TPSA) is 90.4 Å². The van der Waals surface area contributed by atoms with Gasteiger partial charge in [-0.1, -0.05) is 54.1 Å². The van der Waals surface area contributed by atoms with Gasteiger partial charge >= 0.3 is 5.97 Å². The van der Waals surface area contributed by atoms with Gasteiger partial charge in [-0.15, -0.1) is 0 Å². The van der Waals surface area contributed by atoms with Crippen molar-refractivity contribution in [1.29, 1.82) is 0 Å². The van der Waals surface area contributed by atoms with Gasteiger partial charge in [0.25, 0.3) is 5.56 Å². The van der Waals surface area contributed by atoms with Crippen molar-refractivity contribution in [3.63, 3.8) is 0 Å². The predicted molar refractivity (Wildman–Crippen MR) is 109 cm³/mol. The number of aromatic amines is 1. The third kappa shape index (κ3) is 3.12. The molecule has 28 heavy (non-hydrogen) atoms. The van der Waals surface area contributed by atoms with Crippen LogP contribution in [0.3, 0.4) is 0 Å². The Morgan fingerprint density at radius 2 is 1.64 bits per heavy atom. The lowest BCUT2D eigenvalue weighted by Crippen LogP contribution is -2.16. The van der Waals surface area contributed by atoms with Crippen molar-refractivity contribution in [2.75, 3.05) is 0 Å². The molecule has 5 nitrogen and oxygen atoms in total. The summed E-state index contributed by atoms with van der Waals surface area (Å²) in [4.78, 5) is 25.6. The summed E-state index contributed by atoms with van der Waals surface area (Å²) in [5, 5.41) is 20.6. The number of hydrogen-bond acceptors (Lipinski definition) is 3. The zero-order valence-corrected chi connectivity index (χ0v) is 15.2. The number of fused-ring (bicyclic) bond motifs is 1. The summed E-state index contributed by atoms with van der Waals surface area (Å²) in [6.07, 6.45) is 0. The Morgan fingerprint density at radius 3 is 2.32 bits per heavy atom. The highest BCUT2D eigenvalue weighted by molar-refractivity contribution is 6.34. The molecular formula is C22H14ClNO4. The van der Waals surface area contributed by atoms with Gasteiger partial charge in [0.2, 0.25) is 0 Å². The first-order valence-corrected chi connectivity index (χ1v) is 8.80. The van der Waals surface area contributed by atoms with Crippen molar-refractivity contribution in [2.24, 2.45) is 0 Å². The van der Waals surface area contributed by atoms with Gasteiger partial charge in [0.1, 0.15) is 11.3 Å². The molecule has 0 aliphatic carbocycles. The monoisotopic (exact) mass is 391 g/mol. The van der Waals surface area contributed by atoms with Crippen molar-refractivity contribution in [1.82, 2.24) is 4.98 Å². The number of phenols is 1. The lowest BCUT2D eigenvalue weighted by atomic mass is 9.98. The number of aromatic nitrogens is 1. The molecule has 4 rings (SSSR count). The zero-order valence-electron chi connectivity index (χ0n) is 14.4. The lowest BCUT2D eigenvalue weighted by Gasteiger charge is -2.11. The van der Waals surface area contributed by atoms with Gasteiger partial charge in [-0.05, 0) is 40.8 Å². The second kappa shape index (κ2) is 6.87. The highest BCUT2D eigenvalue weighted by Gasteiger charge is 2.14. The van der Waals surface area contributed by atoms with Crippen LogP contribution in [0, 0.1) is 0 Å². The van der Waals surface area contributed by atoms with Gasteiger partial charge in [0.15, 0.2) is 0 Å². The van der Waals surface area contributed by atoms with Gasteiger partial charge in [-0.3, -0.25) is 4.79 Å². The quantitative estimate of drug-likeness (QED) is 0.462. The second-order valence-corrected chi connectivity index (χ2v) is 6.74. The van der Waals surface area contributed by atoms with Gasteiger partial charge in [0, 0.05) is 16.6 Å². The lowest BCUT2D eigenvalue weighted by molar-refractivity contribution is 0.0695. The molecule has 0 spiro atoms. The molecule has 0 fully saturated rings. The highest BCUT2D eigenvalue weighted by Crippen LogP contribution is 2.37. The normalized spacial score (nSPS) is 10.9. The predicted octanol–water partition coefficient (Wildman–Crippen LogP) is 4.92. The number of phenolic OH excluding ortho intramolecular Hbond substituents is 1. The first-order valence-electron chi connectivity index (χ1n) is 8.43. The number of benzene rings is 3. The number of carbonyl (C=O) groups is 1. The number of aromatic hydroxyl groups is 1. The molecule has 0 aliphatic rings. The molecule has 6 heteroatoms. The number of carboxylic acid groups (broad SMARTS) is 1. The average Bonchev–Trinajstić information content (AvgIpc) is 2.67.